The number of halogens is 2. The average molecular weight is 372 g/mol. The predicted octanol–water partition coefficient (Wildman–Crippen LogP) is 5.25. The van der Waals surface area contributed by atoms with E-state index in [0.29, 0.717) is 17.6 Å². The Morgan fingerprint density at radius 1 is 1.00 bits per heavy atom. The van der Waals surface area contributed by atoms with Crippen LogP contribution in [-0.2, 0) is 4.74 Å². The van der Waals surface area contributed by atoms with Crippen molar-refractivity contribution in [2.75, 3.05) is 6.61 Å². The molecule has 2 aromatic rings. The first-order valence-corrected chi connectivity index (χ1v) is 9.47. The first kappa shape index (κ1) is 18.1. The van der Waals surface area contributed by atoms with E-state index in [0.717, 1.165) is 37.5 Å². The van der Waals surface area contributed by atoms with E-state index in [1.807, 2.05) is 12.1 Å². The van der Waals surface area contributed by atoms with Crippen molar-refractivity contribution in [3.8, 4) is 5.75 Å². The second kappa shape index (κ2) is 7.77. The molecule has 1 saturated heterocycles. The van der Waals surface area contributed by atoms with E-state index >= 15 is 0 Å². The number of esters is 1. The third-order valence-electron chi connectivity index (χ3n) is 5.56. The maximum absolute atomic E-state index is 13.2. The summed E-state index contributed by atoms with van der Waals surface area (Å²) in [6, 6.07) is 10.5. The lowest BCUT2D eigenvalue weighted by molar-refractivity contribution is 0.0734. The number of epoxide rings is 1. The molecular formula is C22H22F2O3. The Bertz CT molecular complexity index is 807. The predicted molar refractivity (Wildman–Crippen MR) is 96.8 cm³/mol. The number of rotatable bonds is 5. The molecule has 0 aromatic heterocycles. The molecule has 3 nitrogen and oxygen atoms in total. The molecule has 1 atom stereocenters. The van der Waals surface area contributed by atoms with E-state index in [-0.39, 0.29) is 5.75 Å². The van der Waals surface area contributed by atoms with Crippen LogP contribution in [0.15, 0.2) is 42.5 Å². The zero-order valence-electron chi connectivity index (χ0n) is 15.0. The van der Waals surface area contributed by atoms with Crippen LogP contribution in [-0.4, -0.2) is 18.7 Å². The van der Waals surface area contributed by atoms with Gasteiger partial charge >= 0.3 is 5.97 Å². The van der Waals surface area contributed by atoms with Crippen molar-refractivity contribution in [2.45, 2.75) is 44.1 Å². The van der Waals surface area contributed by atoms with Gasteiger partial charge in [-0.3, -0.25) is 0 Å². The summed E-state index contributed by atoms with van der Waals surface area (Å²) >= 11 is 0. The van der Waals surface area contributed by atoms with Gasteiger partial charge in [0.1, 0.15) is 5.75 Å². The molecule has 1 unspecified atom stereocenters. The van der Waals surface area contributed by atoms with Crippen molar-refractivity contribution >= 4 is 5.97 Å². The summed E-state index contributed by atoms with van der Waals surface area (Å²) in [5.74, 6) is -1.31. The Balaban J connectivity index is 1.34. The van der Waals surface area contributed by atoms with E-state index < -0.39 is 17.6 Å². The number of ether oxygens (including phenoxy) is 2. The van der Waals surface area contributed by atoms with Crippen molar-refractivity contribution in [2.24, 2.45) is 5.92 Å². The minimum Gasteiger partial charge on any atom is -0.423 e. The van der Waals surface area contributed by atoms with E-state index in [9.17, 15) is 13.6 Å². The van der Waals surface area contributed by atoms with Crippen molar-refractivity contribution in [3.05, 3.63) is 65.2 Å². The van der Waals surface area contributed by atoms with Gasteiger partial charge in [0, 0.05) is 6.07 Å². The summed E-state index contributed by atoms with van der Waals surface area (Å²) in [4.78, 5) is 12.2. The highest BCUT2D eigenvalue weighted by atomic mass is 19.2. The molecule has 2 fully saturated rings. The van der Waals surface area contributed by atoms with Gasteiger partial charge in [-0.2, -0.15) is 0 Å². The summed E-state index contributed by atoms with van der Waals surface area (Å²) in [6.07, 6.45) is 6.48. The zero-order chi connectivity index (χ0) is 18.8. The second-order valence-electron chi connectivity index (χ2n) is 7.50. The molecule has 1 heterocycles. The molecule has 1 aliphatic heterocycles. The molecular weight excluding hydrogens is 350 g/mol. The fourth-order valence-corrected chi connectivity index (χ4v) is 3.91. The van der Waals surface area contributed by atoms with Crippen LogP contribution in [0.25, 0.3) is 0 Å². The van der Waals surface area contributed by atoms with Crippen molar-refractivity contribution in [3.63, 3.8) is 0 Å². The summed E-state index contributed by atoms with van der Waals surface area (Å²) in [5, 5.41) is 0. The fourth-order valence-electron chi connectivity index (χ4n) is 3.91. The largest absolute Gasteiger partial charge is 0.423 e. The van der Waals surface area contributed by atoms with Gasteiger partial charge in [0.05, 0.1) is 18.3 Å². The Labute approximate surface area is 157 Å². The van der Waals surface area contributed by atoms with Gasteiger partial charge in [-0.05, 0) is 73.8 Å². The molecule has 1 aliphatic carbocycles. The van der Waals surface area contributed by atoms with Crippen LogP contribution in [0.3, 0.4) is 0 Å². The molecule has 27 heavy (non-hydrogen) atoms. The van der Waals surface area contributed by atoms with E-state index in [1.165, 1.54) is 30.9 Å². The van der Waals surface area contributed by atoms with Crippen molar-refractivity contribution in [1.82, 2.24) is 0 Å². The molecule has 1 saturated carbocycles. The lowest BCUT2D eigenvalue weighted by Gasteiger charge is -2.28. The van der Waals surface area contributed by atoms with Crippen LogP contribution in [0.5, 0.6) is 5.75 Å². The second-order valence-corrected chi connectivity index (χ2v) is 7.50. The summed E-state index contributed by atoms with van der Waals surface area (Å²) in [5.41, 5.74) is 1.63. The normalized spacial score (nSPS) is 24.4. The summed E-state index contributed by atoms with van der Waals surface area (Å²) in [6.45, 7) is 0.933. The number of carbonyl (C=O) groups is 1. The molecule has 0 radical (unpaired) electrons. The summed E-state index contributed by atoms with van der Waals surface area (Å²) < 4.78 is 36.6. The van der Waals surface area contributed by atoms with Crippen LogP contribution in [0.2, 0.25) is 0 Å². The average Bonchev–Trinajstić information content (AvgIpc) is 3.49. The SMILES string of the molecule is O=C(Oc1ccc(F)c(F)c1)c1ccc(C2CCC(CC3CO3)CC2)cc1. The lowest BCUT2D eigenvalue weighted by atomic mass is 9.77. The molecule has 2 aromatic carbocycles. The molecule has 4 rings (SSSR count). The number of hydrogen-bond acceptors (Lipinski definition) is 3. The number of benzene rings is 2. The highest BCUT2D eigenvalue weighted by Crippen LogP contribution is 2.39. The standard InChI is InChI=1S/C22H22F2O3/c23-20-10-9-18(12-21(20)24)27-22(25)17-7-5-16(6-8-17)15-3-1-14(2-4-15)11-19-13-26-19/h5-10,12,14-15,19H,1-4,11,13H2. The molecule has 0 amide bonds. The Kier molecular flexibility index (Phi) is 5.21. The maximum atomic E-state index is 13.2. The molecule has 2 aliphatic rings. The number of hydrogen-bond donors (Lipinski definition) is 0. The van der Waals surface area contributed by atoms with Gasteiger partial charge in [-0.15, -0.1) is 0 Å². The first-order chi connectivity index (χ1) is 13.1. The smallest absolute Gasteiger partial charge is 0.343 e. The minimum atomic E-state index is -1.04. The van der Waals surface area contributed by atoms with Crippen LogP contribution in [0.4, 0.5) is 8.78 Å². The van der Waals surface area contributed by atoms with Gasteiger partial charge in [0.2, 0.25) is 0 Å². The molecule has 5 heteroatoms. The van der Waals surface area contributed by atoms with E-state index in [1.54, 1.807) is 12.1 Å². The van der Waals surface area contributed by atoms with Crippen LogP contribution < -0.4 is 4.74 Å². The minimum absolute atomic E-state index is 0.0130. The maximum Gasteiger partial charge on any atom is 0.343 e. The molecule has 0 spiro atoms. The highest BCUT2D eigenvalue weighted by Gasteiger charge is 2.30. The van der Waals surface area contributed by atoms with E-state index in [4.69, 9.17) is 9.47 Å². The fraction of sp³-hybridized carbons (Fsp3) is 0.409. The van der Waals surface area contributed by atoms with Gasteiger partial charge < -0.3 is 9.47 Å². The molecule has 142 valence electrons. The quantitative estimate of drug-likeness (QED) is 0.409. The Morgan fingerprint density at radius 2 is 1.70 bits per heavy atom. The van der Waals surface area contributed by atoms with Gasteiger partial charge in [0.25, 0.3) is 0 Å². The van der Waals surface area contributed by atoms with Gasteiger partial charge in [-0.1, -0.05) is 12.1 Å². The lowest BCUT2D eigenvalue weighted by Crippen LogP contribution is -2.15. The monoisotopic (exact) mass is 372 g/mol. The first-order valence-electron chi connectivity index (χ1n) is 9.47. The van der Waals surface area contributed by atoms with Gasteiger partial charge in [-0.25, -0.2) is 13.6 Å². The summed E-state index contributed by atoms with van der Waals surface area (Å²) in [7, 11) is 0. The Hall–Kier alpha value is -2.27. The van der Waals surface area contributed by atoms with Crippen molar-refractivity contribution in [1.29, 1.82) is 0 Å². The third kappa shape index (κ3) is 4.53. The van der Waals surface area contributed by atoms with E-state index in [2.05, 4.69) is 0 Å². The zero-order valence-corrected chi connectivity index (χ0v) is 15.0. The Morgan fingerprint density at radius 3 is 2.33 bits per heavy atom. The third-order valence-corrected chi connectivity index (χ3v) is 5.56. The number of carbonyl (C=O) groups excluding carboxylic acids is 1. The van der Waals surface area contributed by atoms with Crippen LogP contribution in [0, 0.1) is 17.6 Å². The molecule has 0 N–H and O–H groups in total. The van der Waals surface area contributed by atoms with Crippen LogP contribution >= 0.6 is 0 Å². The topological polar surface area (TPSA) is 38.8 Å². The van der Waals surface area contributed by atoms with Crippen molar-refractivity contribution < 1.29 is 23.0 Å². The highest BCUT2D eigenvalue weighted by molar-refractivity contribution is 5.91. The molecule has 0 bridgehead atoms. The van der Waals surface area contributed by atoms with Crippen LogP contribution in [0.1, 0.15) is 53.9 Å². The van der Waals surface area contributed by atoms with Gasteiger partial charge in [0.15, 0.2) is 11.6 Å².